The van der Waals surface area contributed by atoms with Crippen molar-refractivity contribution < 1.29 is 9.59 Å². The zero-order valence-electron chi connectivity index (χ0n) is 9.95. The van der Waals surface area contributed by atoms with E-state index in [-0.39, 0.29) is 0 Å². The summed E-state index contributed by atoms with van der Waals surface area (Å²) in [6.45, 7) is 8.12. The lowest BCUT2D eigenvalue weighted by Gasteiger charge is -1.97. The summed E-state index contributed by atoms with van der Waals surface area (Å²) in [7, 11) is 0. The number of rotatable bonds is 6. The number of carbonyl (C=O) groups excluding carboxylic acids is 2. The molecule has 0 aromatic rings. The fourth-order valence-electron chi connectivity index (χ4n) is 0.962. The predicted octanol–water partition coefficient (Wildman–Crippen LogP) is 3.24. The third-order valence-corrected chi connectivity index (χ3v) is 2.48. The second-order valence-corrected chi connectivity index (χ2v) is 3.43. The van der Waals surface area contributed by atoms with Crippen LogP contribution in [0.1, 0.15) is 53.4 Å². The highest BCUT2D eigenvalue weighted by Gasteiger charge is 1.97. The standard InChI is InChI=1S/2C6H12O/c2*1-3-6(4-2)5-7/h2*5-6H,3-4H2,1-2H3. The van der Waals surface area contributed by atoms with Gasteiger partial charge < -0.3 is 9.59 Å². The largest absolute Gasteiger partial charge is 0.303 e. The van der Waals surface area contributed by atoms with Crippen molar-refractivity contribution >= 4 is 12.6 Å². The van der Waals surface area contributed by atoms with Crippen molar-refractivity contribution in [1.29, 1.82) is 0 Å². The molecule has 2 nitrogen and oxygen atoms in total. The van der Waals surface area contributed by atoms with E-state index in [0.29, 0.717) is 11.8 Å². The maximum Gasteiger partial charge on any atom is 0.123 e. The van der Waals surface area contributed by atoms with Gasteiger partial charge in [0.1, 0.15) is 12.6 Å². The van der Waals surface area contributed by atoms with Crippen molar-refractivity contribution in [3.8, 4) is 0 Å². The average molecular weight is 200 g/mol. The van der Waals surface area contributed by atoms with Crippen LogP contribution >= 0.6 is 0 Å². The molecule has 0 aromatic carbocycles. The molecule has 0 saturated heterocycles. The Bertz CT molecular complexity index is 108. The summed E-state index contributed by atoms with van der Waals surface area (Å²) in [5.41, 5.74) is 0. The Morgan fingerprint density at radius 1 is 0.714 bits per heavy atom. The molecule has 0 bridgehead atoms. The molecule has 0 heterocycles. The molecule has 0 saturated carbocycles. The van der Waals surface area contributed by atoms with Crippen LogP contribution in [0.2, 0.25) is 0 Å². The van der Waals surface area contributed by atoms with Gasteiger partial charge in [-0.3, -0.25) is 0 Å². The SMILES string of the molecule is CCC(C=O)CC.CCC(C=O)CC. The molecule has 84 valence electrons. The van der Waals surface area contributed by atoms with Crippen LogP contribution in [0.3, 0.4) is 0 Å². The van der Waals surface area contributed by atoms with Crippen LogP contribution in [0.25, 0.3) is 0 Å². The van der Waals surface area contributed by atoms with E-state index < -0.39 is 0 Å². The van der Waals surface area contributed by atoms with E-state index in [2.05, 4.69) is 0 Å². The van der Waals surface area contributed by atoms with Crippen molar-refractivity contribution in [2.45, 2.75) is 53.4 Å². The van der Waals surface area contributed by atoms with Crippen molar-refractivity contribution in [2.75, 3.05) is 0 Å². The molecule has 0 aliphatic carbocycles. The summed E-state index contributed by atoms with van der Waals surface area (Å²) in [5, 5.41) is 0. The first-order valence-corrected chi connectivity index (χ1v) is 5.60. The summed E-state index contributed by atoms with van der Waals surface area (Å²) >= 11 is 0. The fourth-order valence-corrected chi connectivity index (χ4v) is 0.962. The van der Waals surface area contributed by atoms with Crippen molar-refractivity contribution in [1.82, 2.24) is 0 Å². The number of aldehydes is 2. The lowest BCUT2D eigenvalue weighted by molar-refractivity contribution is -0.111. The summed E-state index contributed by atoms with van der Waals surface area (Å²) in [6, 6.07) is 0. The van der Waals surface area contributed by atoms with Gasteiger partial charge in [0.2, 0.25) is 0 Å². The molecule has 0 N–H and O–H groups in total. The molecule has 0 rings (SSSR count). The van der Waals surface area contributed by atoms with E-state index in [1.807, 2.05) is 27.7 Å². The Morgan fingerprint density at radius 2 is 0.929 bits per heavy atom. The van der Waals surface area contributed by atoms with Gasteiger partial charge in [0.15, 0.2) is 0 Å². The van der Waals surface area contributed by atoms with Crippen LogP contribution in [0, 0.1) is 11.8 Å². The van der Waals surface area contributed by atoms with Crippen LogP contribution in [-0.2, 0) is 9.59 Å². The van der Waals surface area contributed by atoms with Crippen molar-refractivity contribution in [3.63, 3.8) is 0 Å². The van der Waals surface area contributed by atoms with Crippen molar-refractivity contribution in [3.05, 3.63) is 0 Å². The fraction of sp³-hybridized carbons (Fsp3) is 0.833. The van der Waals surface area contributed by atoms with Gasteiger partial charge in [0, 0.05) is 11.8 Å². The van der Waals surface area contributed by atoms with Crippen LogP contribution in [-0.4, -0.2) is 12.6 Å². The molecule has 0 fully saturated rings. The maximum absolute atomic E-state index is 9.97. The van der Waals surface area contributed by atoms with Crippen molar-refractivity contribution in [2.24, 2.45) is 11.8 Å². The summed E-state index contributed by atoms with van der Waals surface area (Å²) in [4.78, 5) is 19.9. The number of hydrogen-bond acceptors (Lipinski definition) is 2. The highest BCUT2D eigenvalue weighted by molar-refractivity contribution is 5.53. The first-order valence-electron chi connectivity index (χ1n) is 5.60. The second-order valence-electron chi connectivity index (χ2n) is 3.43. The van der Waals surface area contributed by atoms with Gasteiger partial charge in [-0.1, -0.05) is 27.7 Å². The van der Waals surface area contributed by atoms with E-state index in [0.717, 1.165) is 38.3 Å². The highest BCUT2D eigenvalue weighted by Crippen LogP contribution is 2.01. The van der Waals surface area contributed by atoms with Crippen LogP contribution in [0.4, 0.5) is 0 Å². The normalized spacial score (nSPS) is 9.57. The molecular weight excluding hydrogens is 176 g/mol. The molecule has 0 aliphatic heterocycles. The van der Waals surface area contributed by atoms with Gasteiger partial charge in [-0.05, 0) is 25.7 Å². The Balaban J connectivity index is 0. The zero-order valence-corrected chi connectivity index (χ0v) is 9.95. The van der Waals surface area contributed by atoms with Gasteiger partial charge >= 0.3 is 0 Å². The minimum absolute atomic E-state index is 0.306. The molecule has 0 aromatic heterocycles. The number of hydrogen-bond donors (Lipinski definition) is 0. The summed E-state index contributed by atoms with van der Waals surface area (Å²) in [6.07, 6.45) is 6.00. The summed E-state index contributed by atoms with van der Waals surface area (Å²) < 4.78 is 0. The molecule has 0 spiro atoms. The van der Waals surface area contributed by atoms with Gasteiger partial charge in [-0.15, -0.1) is 0 Å². The van der Waals surface area contributed by atoms with Crippen LogP contribution in [0.15, 0.2) is 0 Å². The van der Waals surface area contributed by atoms with Gasteiger partial charge in [-0.2, -0.15) is 0 Å². The smallest absolute Gasteiger partial charge is 0.123 e. The average Bonchev–Trinajstić information content (AvgIpc) is 2.24. The Hall–Kier alpha value is -0.660. The lowest BCUT2D eigenvalue weighted by Crippen LogP contribution is -1.95. The molecular formula is C12H24O2. The highest BCUT2D eigenvalue weighted by atomic mass is 16.1. The Morgan fingerprint density at radius 3 is 0.929 bits per heavy atom. The minimum Gasteiger partial charge on any atom is -0.303 e. The maximum atomic E-state index is 9.97. The molecule has 0 unspecified atom stereocenters. The van der Waals surface area contributed by atoms with Gasteiger partial charge in [0.05, 0.1) is 0 Å². The predicted molar refractivity (Wildman–Crippen MR) is 60.3 cm³/mol. The van der Waals surface area contributed by atoms with E-state index in [1.54, 1.807) is 0 Å². The molecule has 0 aliphatic rings. The van der Waals surface area contributed by atoms with Crippen LogP contribution in [0.5, 0.6) is 0 Å². The van der Waals surface area contributed by atoms with E-state index >= 15 is 0 Å². The Labute approximate surface area is 88.1 Å². The van der Waals surface area contributed by atoms with Crippen LogP contribution < -0.4 is 0 Å². The third kappa shape index (κ3) is 9.43. The Kier molecular flexibility index (Phi) is 13.9. The zero-order chi connectivity index (χ0) is 11.4. The lowest BCUT2D eigenvalue weighted by atomic mass is 10.1. The minimum atomic E-state index is 0.306. The van der Waals surface area contributed by atoms with E-state index in [1.165, 1.54) is 0 Å². The monoisotopic (exact) mass is 200 g/mol. The third-order valence-electron chi connectivity index (χ3n) is 2.48. The molecule has 2 heteroatoms. The van der Waals surface area contributed by atoms with E-state index in [4.69, 9.17) is 0 Å². The number of carbonyl (C=O) groups is 2. The van der Waals surface area contributed by atoms with Gasteiger partial charge in [0.25, 0.3) is 0 Å². The molecule has 14 heavy (non-hydrogen) atoms. The first kappa shape index (κ1) is 15.8. The first-order chi connectivity index (χ1) is 6.69. The molecule has 0 atom stereocenters. The van der Waals surface area contributed by atoms with Gasteiger partial charge in [-0.25, -0.2) is 0 Å². The topological polar surface area (TPSA) is 34.1 Å². The molecule has 0 amide bonds. The molecule has 0 radical (unpaired) electrons. The quantitative estimate of drug-likeness (QED) is 0.617. The van der Waals surface area contributed by atoms with E-state index in [9.17, 15) is 9.59 Å². The second kappa shape index (κ2) is 12.3. The summed E-state index contributed by atoms with van der Waals surface area (Å²) in [5.74, 6) is 0.611.